The Balaban J connectivity index is 0.992. The molecule has 4 nitrogen and oxygen atoms in total. The predicted octanol–water partition coefficient (Wildman–Crippen LogP) is 21.1. The molecule has 86 heavy (non-hydrogen) atoms. The molecule has 3 heterocycles. The molecule has 19 rings (SSSR count). The van der Waals surface area contributed by atoms with Crippen molar-refractivity contribution in [3.63, 3.8) is 0 Å². The van der Waals surface area contributed by atoms with Crippen LogP contribution >= 0.6 is 0 Å². The van der Waals surface area contributed by atoms with Gasteiger partial charge in [0.05, 0.1) is 39.5 Å². The Kier molecular flexibility index (Phi) is 10.1. The number of hydrogen-bond donors (Lipinski definition) is 0. The summed E-state index contributed by atoms with van der Waals surface area (Å²) in [5.74, 6) is -0.132. The highest BCUT2D eigenvalue weighted by molar-refractivity contribution is 6.18. The number of aromatic nitrogens is 1. The van der Waals surface area contributed by atoms with E-state index in [-0.39, 0.29) is 23.7 Å². The zero-order chi connectivity index (χ0) is 56.1. The highest BCUT2D eigenvalue weighted by atomic mass is 15.2. The lowest BCUT2D eigenvalue weighted by molar-refractivity contribution is 0.764. The monoisotopic (exact) mass is 1090 g/mol. The van der Waals surface area contributed by atoms with Crippen molar-refractivity contribution < 1.29 is 0 Å². The van der Waals surface area contributed by atoms with E-state index in [4.69, 9.17) is 0 Å². The highest BCUT2D eigenvalue weighted by Gasteiger charge is 2.50. The standard InChI is InChI=1S/C82H54N4/c1-7-27-51(28-8-1)72-58-39-19-20-40-59(58)73-60-41-21-22-42-61(60)76-78-64(75-71(50-65(72)77(73)81(75)76)84(54-33-13-4-14-34-54)55-35-15-5-16-36-55)49-66-74-62-43-23-25-45-67(62)85(56-37-17-6-18-38-56)69-47-57(83(52-29-9-2-10-30-52)53-31-11-3-12-32-53)48-70(80(69)74)86-68-46-26-24-44-63(68)79(78)82(66)86/h1-50,72-74,76H. The fourth-order valence-corrected chi connectivity index (χ4v) is 16.4. The quantitative estimate of drug-likeness (QED) is 0.151. The van der Waals surface area contributed by atoms with Crippen LogP contribution in [-0.2, 0) is 0 Å². The first-order chi connectivity index (χ1) is 42.8. The minimum Gasteiger partial charge on any atom is -0.310 e. The van der Waals surface area contributed by atoms with Crippen LogP contribution in [0.25, 0.3) is 38.6 Å². The molecule has 402 valence electrons. The van der Waals surface area contributed by atoms with E-state index in [0.29, 0.717) is 0 Å². The Morgan fingerprint density at radius 1 is 0.291 bits per heavy atom. The van der Waals surface area contributed by atoms with Crippen molar-refractivity contribution in [1.82, 2.24) is 4.57 Å². The molecule has 1 aromatic heterocycles. The number of para-hydroxylation sites is 7. The summed E-state index contributed by atoms with van der Waals surface area (Å²) in [6.07, 6.45) is 0. The van der Waals surface area contributed by atoms with Gasteiger partial charge in [-0.25, -0.2) is 0 Å². The van der Waals surface area contributed by atoms with Crippen LogP contribution in [0.2, 0.25) is 0 Å². The van der Waals surface area contributed by atoms with E-state index in [2.05, 4.69) is 323 Å². The molecule has 13 aromatic carbocycles. The van der Waals surface area contributed by atoms with Gasteiger partial charge in [-0.2, -0.15) is 0 Å². The Hall–Kier alpha value is -10.9. The van der Waals surface area contributed by atoms with E-state index in [1.165, 1.54) is 122 Å². The molecule has 5 aliphatic rings. The van der Waals surface area contributed by atoms with Crippen LogP contribution in [0.3, 0.4) is 0 Å². The van der Waals surface area contributed by atoms with Gasteiger partial charge >= 0.3 is 0 Å². The van der Waals surface area contributed by atoms with E-state index in [0.717, 1.165) is 34.1 Å². The van der Waals surface area contributed by atoms with Crippen LogP contribution in [0.1, 0.15) is 90.4 Å². The third kappa shape index (κ3) is 6.53. The Labute approximate surface area is 500 Å². The third-order valence-electron chi connectivity index (χ3n) is 19.5. The van der Waals surface area contributed by atoms with Crippen molar-refractivity contribution in [3.8, 4) is 16.8 Å². The van der Waals surface area contributed by atoms with E-state index in [1.807, 2.05) is 0 Å². The van der Waals surface area contributed by atoms with Crippen LogP contribution in [-0.4, -0.2) is 4.57 Å². The van der Waals surface area contributed by atoms with E-state index in [9.17, 15) is 0 Å². The second-order valence-electron chi connectivity index (χ2n) is 23.7. The number of benzene rings is 13. The molecule has 0 fully saturated rings. The van der Waals surface area contributed by atoms with Crippen LogP contribution in [0, 0.1) is 0 Å². The largest absolute Gasteiger partial charge is 0.310 e. The molecule has 3 aliphatic carbocycles. The van der Waals surface area contributed by atoms with Gasteiger partial charge in [0.1, 0.15) is 0 Å². The lowest BCUT2D eigenvalue weighted by atomic mass is 9.61. The summed E-state index contributed by atoms with van der Waals surface area (Å²) in [4.78, 5) is 7.56. The lowest BCUT2D eigenvalue weighted by Crippen LogP contribution is -2.27. The molecule has 14 aromatic rings. The SMILES string of the molecule is c1ccc(C2c3ccccc3C3c4ccccc4C4c5c(c(N(c6ccccc6)c6ccccc6)cc2c53)-c2cc3c5c(c24)c2ccccc2n5-c2cc(N(c4ccccc4)c4ccccc4)cc4c2C3c2ccccc2N4c2ccccc2)cc1. The summed E-state index contributed by atoms with van der Waals surface area (Å²) < 4.78 is 2.68. The number of fused-ring (bicyclic) bond motifs is 16. The third-order valence-corrected chi connectivity index (χ3v) is 19.5. The molecule has 0 spiro atoms. The summed E-state index contributed by atoms with van der Waals surface area (Å²) >= 11 is 0. The maximum atomic E-state index is 2.70. The summed E-state index contributed by atoms with van der Waals surface area (Å²) in [5, 5.41) is 2.61. The molecule has 4 atom stereocenters. The zero-order valence-electron chi connectivity index (χ0n) is 47.0. The molecular formula is C82H54N4. The van der Waals surface area contributed by atoms with Gasteiger partial charge in [-0.3, -0.25) is 0 Å². The summed E-state index contributed by atoms with van der Waals surface area (Å²) in [5.41, 5.74) is 33.1. The van der Waals surface area contributed by atoms with Crippen molar-refractivity contribution in [1.29, 1.82) is 0 Å². The topological polar surface area (TPSA) is 14.7 Å². The molecular weight excluding hydrogens is 1040 g/mol. The van der Waals surface area contributed by atoms with Crippen LogP contribution in [0.4, 0.5) is 51.2 Å². The Bertz CT molecular complexity index is 5000. The number of rotatable bonds is 8. The van der Waals surface area contributed by atoms with Crippen LogP contribution < -0.4 is 14.7 Å². The molecule has 0 radical (unpaired) electrons. The van der Waals surface area contributed by atoms with Crippen LogP contribution in [0.15, 0.2) is 303 Å². The summed E-state index contributed by atoms with van der Waals surface area (Å²) in [6, 6.07) is 114. The van der Waals surface area contributed by atoms with E-state index < -0.39 is 0 Å². The number of nitrogens with zero attached hydrogens (tertiary/aromatic N) is 4. The van der Waals surface area contributed by atoms with Crippen LogP contribution in [0.5, 0.6) is 0 Å². The fraction of sp³-hybridized carbons (Fsp3) is 0.0488. The normalized spacial score (nSPS) is 16.6. The molecule has 2 aliphatic heterocycles. The maximum Gasteiger partial charge on any atom is 0.0586 e. The van der Waals surface area contributed by atoms with E-state index >= 15 is 0 Å². The first kappa shape index (κ1) is 47.5. The van der Waals surface area contributed by atoms with Gasteiger partial charge in [0.15, 0.2) is 0 Å². The smallest absolute Gasteiger partial charge is 0.0586 e. The Morgan fingerprint density at radius 3 is 1.38 bits per heavy atom. The van der Waals surface area contributed by atoms with Gasteiger partial charge in [0, 0.05) is 74.0 Å². The van der Waals surface area contributed by atoms with Gasteiger partial charge in [0.2, 0.25) is 0 Å². The van der Waals surface area contributed by atoms with Gasteiger partial charge in [0.25, 0.3) is 0 Å². The van der Waals surface area contributed by atoms with Crippen molar-refractivity contribution in [2.75, 3.05) is 14.7 Å². The molecule has 4 unspecified atom stereocenters. The van der Waals surface area contributed by atoms with Crippen molar-refractivity contribution in [2.24, 2.45) is 0 Å². The number of hydrogen-bond acceptors (Lipinski definition) is 3. The predicted molar refractivity (Wildman–Crippen MR) is 353 cm³/mol. The first-order valence-electron chi connectivity index (χ1n) is 30.2. The average molecular weight is 1100 g/mol. The Morgan fingerprint density at radius 2 is 0.767 bits per heavy atom. The second kappa shape index (κ2) is 18.3. The molecule has 4 heteroatoms. The second-order valence-corrected chi connectivity index (χ2v) is 23.7. The lowest BCUT2D eigenvalue weighted by Gasteiger charge is -2.43. The number of anilines is 9. The summed E-state index contributed by atoms with van der Waals surface area (Å²) in [6.45, 7) is 0. The highest BCUT2D eigenvalue weighted by Crippen LogP contribution is 2.68. The molecule has 0 saturated heterocycles. The molecule has 0 N–H and O–H groups in total. The van der Waals surface area contributed by atoms with Crippen molar-refractivity contribution in [3.05, 3.63) is 370 Å². The average Bonchev–Trinajstić information content (AvgIpc) is 1.45. The minimum atomic E-state index is -0.112. The molecule has 0 amide bonds. The maximum absolute atomic E-state index is 2.70. The van der Waals surface area contributed by atoms with Crippen molar-refractivity contribution >= 4 is 73.0 Å². The first-order valence-corrected chi connectivity index (χ1v) is 30.2. The van der Waals surface area contributed by atoms with Gasteiger partial charge < -0.3 is 19.3 Å². The summed E-state index contributed by atoms with van der Waals surface area (Å²) in [7, 11) is 0. The minimum absolute atomic E-state index is 0.00468. The van der Waals surface area contributed by atoms with Crippen molar-refractivity contribution in [2.45, 2.75) is 23.7 Å². The molecule has 0 saturated carbocycles. The van der Waals surface area contributed by atoms with Gasteiger partial charge in [-0.1, -0.05) is 206 Å². The molecule has 0 bridgehead atoms. The fourth-order valence-electron chi connectivity index (χ4n) is 16.4. The van der Waals surface area contributed by atoms with Gasteiger partial charge in [-0.15, -0.1) is 0 Å². The van der Waals surface area contributed by atoms with E-state index in [1.54, 1.807) is 0 Å². The van der Waals surface area contributed by atoms with Gasteiger partial charge in [-0.05, 0) is 164 Å². The zero-order valence-corrected chi connectivity index (χ0v) is 47.0.